The maximum atomic E-state index is 8.86. The van der Waals surface area contributed by atoms with Crippen molar-refractivity contribution in [2.45, 2.75) is 13.5 Å². The Morgan fingerprint density at radius 1 is 1.54 bits per heavy atom. The van der Waals surface area contributed by atoms with Crippen LogP contribution in [0.1, 0.15) is 18.1 Å². The number of aliphatic hydroxyl groups excluding tert-OH is 1. The van der Waals surface area contributed by atoms with Crippen molar-refractivity contribution in [3.8, 4) is 0 Å². The van der Waals surface area contributed by atoms with Crippen molar-refractivity contribution in [3.63, 3.8) is 0 Å². The molecule has 0 unspecified atom stereocenters. The molecule has 3 heteroatoms. The molecule has 0 aliphatic rings. The number of nitrogens with one attached hydrogen (secondary N) is 1. The molecule has 3 nitrogen and oxygen atoms in total. The summed E-state index contributed by atoms with van der Waals surface area (Å²) in [6.07, 6.45) is 0. The first-order valence-corrected chi connectivity index (χ1v) is 4.19. The Morgan fingerprint density at radius 2 is 2.31 bits per heavy atom. The van der Waals surface area contributed by atoms with Crippen LogP contribution in [-0.4, -0.2) is 17.6 Å². The Hall–Kier alpha value is -1.35. The normalized spacial score (nSPS) is 9.69. The van der Waals surface area contributed by atoms with Crippen molar-refractivity contribution in [3.05, 3.63) is 35.4 Å². The lowest BCUT2D eigenvalue weighted by Crippen LogP contribution is -2.04. The molecule has 0 radical (unpaired) electrons. The maximum absolute atomic E-state index is 8.86. The van der Waals surface area contributed by atoms with Crippen LogP contribution in [-0.2, 0) is 11.3 Å². The lowest BCUT2D eigenvalue weighted by Gasteiger charge is -2.05. The topological polar surface area (TPSA) is 53.3 Å². The first kappa shape index (κ1) is 9.74. The van der Waals surface area contributed by atoms with E-state index in [-0.39, 0.29) is 12.5 Å². The Labute approximate surface area is 77.5 Å². The van der Waals surface area contributed by atoms with Crippen molar-refractivity contribution in [1.29, 1.82) is 5.41 Å². The molecule has 1 aromatic rings. The molecule has 0 saturated heterocycles. The lowest BCUT2D eigenvalue weighted by molar-refractivity contribution is 0.281. The van der Waals surface area contributed by atoms with Crippen LogP contribution in [0.2, 0.25) is 0 Å². The Bertz CT molecular complexity index is 297. The van der Waals surface area contributed by atoms with E-state index >= 15 is 0 Å². The summed E-state index contributed by atoms with van der Waals surface area (Å²) in [5, 5.41) is 16.4. The number of aliphatic hydroxyl groups is 1. The van der Waals surface area contributed by atoms with Crippen LogP contribution >= 0.6 is 0 Å². The zero-order chi connectivity index (χ0) is 9.68. The molecule has 0 aliphatic heterocycles. The second-order valence-corrected chi connectivity index (χ2v) is 2.62. The van der Waals surface area contributed by atoms with Crippen LogP contribution in [0.5, 0.6) is 0 Å². The van der Waals surface area contributed by atoms with Crippen LogP contribution in [0.15, 0.2) is 24.3 Å². The van der Waals surface area contributed by atoms with Gasteiger partial charge in [-0.2, -0.15) is 0 Å². The molecule has 0 saturated carbocycles. The minimum atomic E-state index is -0.00670. The Balaban J connectivity index is 2.82. The van der Waals surface area contributed by atoms with E-state index in [1.807, 2.05) is 13.0 Å². The third-order valence-electron chi connectivity index (χ3n) is 1.66. The average molecular weight is 179 g/mol. The highest BCUT2D eigenvalue weighted by atomic mass is 16.5. The SMILES string of the molecule is CCOC(=N)c1cccc(CO)c1. The van der Waals surface area contributed by atoms with Gasteiger partial charge in [-0.1, -0.05) is 12.1 Å². The van der Waals surface area contributed by atoms with E-state index in [0.717, 1.165) is 5.56 Å². The van der Waals surface area contributed by atoms with Gasteiger partial charge in [0, 0.05) is 5.56 Å². The summed E-state index contributed by atoms with van der Waals surface area (Å²) in [7, 11) is 0. The highest BCUT2D eigenvalue weighted by molar-refractivity contribution is 5.91. The number of rotatable bonds is 3. The van der Waals surface area contributed by atoms with E-state index in [4.69, 9.17) is 15.3 Å². The molecule has 0 bridgehead atoms. The van der Waals surface area contributed by atoms with Gasteiger partial charge in [0.05, 0.1) is 13.2 Å². The highest BCUT2D eigenvalue weighted by Crippen LogP contribution is 2.06. The van der Waals surface area contributed by atoms with Crippen molar-refractivity contribution in [2.24, 2.45) is 0 Å². The van der Waals surface area contributed by atoms with Gasteiger partial charge in [-0.15, -0.1) is 0 Å². The fourth-order valence-electron chi connectivity index (χ4n) is 1.04. The first-order valence-electron chi connectivity index (χ1n) is 4.19. The summed E-state index contributed by atoms with van der Waals surface area (Å²) in [5.74, 6) is 0.151. The van der Waals surface area contributed by atoms with E-state index in [9.17, 15) is 0 Å². The fraction of sp³-hybridized carbons (Fsp3) is 0.300. The summed E-state index contributed by atoms with van der Waals surface area (Å²) in [6.45, 7) is 2.32. The van der Waals surface area contributed by atoms with E-state index in [1.54, 1.807) is 18.2 Å². The number of benzene rings is 1. The molecule has 0 amide bonds. The van der Waals surface area contributed by atoms with Gasteiger partial charge in [-0.25, -0.2) is 0 Å². The molecule has 13 heavy (non-hydrogen) atoms. The van der Waals surface area contributed by atoms with Gasteiger partial charge in [-0.05, 0) is 24.6 Å². The first-order chi connectivity index (χ1) is 6.27. The van der Waals surface area contributed by atoms with E-state index in [1.165, 1.54) is 0 Å². The van der Waals surface area contributed by atoms with Crippen LogP contribution in [0.3, 0.4) is 0 Å². The zero-order valence-corrected chi connectivity index (χ0v) is 7.58. The minimum Gasteiger partial charge on any atom is -0.478 e. The van der Waals surface area contributed by atoms with Gasteiger partial charge in [0.2, 0.25) is 5.90 Å². The summed E-state index contributed by atoms with van der Waals surface area (Å²) in [5.41, 5.74) is 1.50. The lowest BCUT2D eigenvalue weighted by atomic mass is 10.1. The van der Waals surface area contributed by atoms with E-state index in [0.29, 0.717) is 12.2 Å². The fourth-order valence-corrected chi connectivity index (χ4v) is 1.04. The van der Waals surface area contributed by atoms with Crippen molar-refractivity contribution >= 4 is 5.90 Å². The third kappa shape index (κ3) is 2.56. The molecule has 70 valence electrons. The smallest absolute Gasteiger partial charge is 0.213 e. The predicted octanol–water partition coefficient (Wildman–Crippen LogP) is 1.54. The number of ether oxygens (including phenoxy) is 1. The zero-order valence-electron chi connectivity index (χ0n) is 7.58. The molecule has 0 atom stereocenters. The van der Waals surface area contributed by atoms with E-state index < -0.39 is 0 Å². The Kier molecular flexibility index (Phi) is 3.46. The molecule has 0 fully saturated rings. The predicted molar refractivity (Wildman–Crippen MR) is 50.8 cm³/mol. The summed E-state index contributed by atoms with van der Waals surface area (Å²) in [6, 6.07) is 7.15. The van der Waals surface area contributed by atoms with Gasteiger partial charge in [0.1, 0.15) is 0 Å². The number of hydrogen-bond acceptors (Lipinski definition) is 3. The summed E-state index contributed by atoms with van der Waals surface area (Å²) >= 11 is 0. The van der Waals surface area contributed by atoms with Gasteiger partial charge in [-0.3, -0.25) is 5.41 Å². The maximum Gasteiger partial charge on any atom is 0.213 e. The molecule has 0 aromatic heterocycles. The van der Waals surface area contributed by atoms with Crippen molar-refractivity contribution in [1.82, 2.24) is 0 Å². The van der Waals surface area contributed by atoms with Gasteiger partial charge < -0.3 is 9.84 Å². The van der Waals surface area contributed by atoms with E-state index in [2.05, 4.69) is 0 Å². The molecule has 0 aliphatic carbocycles. The van der Waals surface area contributed by atoms with Gasteiger partial charge in [0.25, 0.3) is 0 Å². The van der Waals surface area contributed by atoms with Crippen LogP contribution in [0, 0.1) is 5.41 Å². The monoisotopic (exact) mass is 179 g/mol. The third-order valence-corrected chi connectivity index (χ3v) is 1.66. The molecule has 0 heterocycles. The largest absolute Gasteiger partial charge is 0.478 e. The van der Waals surface area contributed by atoms with Crippen molar-refractivity contribution in [2.75, 3.05) is 6.61 Å². The standard InChI is InChI=1S/C10H13NO2/c1-2-13-10(11)9-5-3-4-8(6-9)7-12/h3-6,11-12H,2,7H2,1H3. The molecular weight excluding hydrogens is 166 g/mol. The molecular formula is C10H13NO2. The molecule has 0 spiro atoms. The summed E-state index contributed by atoms with van der Waals surface area (Å²) in [4.78, 5) is 0. The summed E-state index contributed by atoms with van der Waals surface area (Å²) < 4.78 is 5.03. The average Bonchev–Trinajstić information content (AvgIpc) is 2.18. The van der Waals surface area contributed by atoms with Crippen LogP contribution in [0.4, 0.5) is 0 Å². The van der Waals surface area contributed by atoms with Crippen LogP contribution in [0.25, 0.3) is 0 Å². The molecule has 2 N–H and O–H groups in total. The Morgan fingerprint density at radius 3 is 2.92 bits per heavy atom. The van der Waals surface area contributed by atoms with Gasteiger partial charge >= 0.3 is 0 Å². The number of hydrogen-bond donors (Lipinski definition) is 2. The highest BCUT2D eigenvalue weighted by Gasteiger charge is 2.01. The second kappa shape index (κ2) is 4.62. The van der Waals surface area contributed by atoms with Crippen LogP contribution < -0.4 is 0 Å². The molecule has 1 aromatic carbocycles. The second-order valence-electron chi connectivity index (χ2n) is 2.62. The molecule has 1 rings (SSSR count). The quantitative estimate of drug-likeness (QED) is 0.546. The minimum absolute atomic E-state index is 0.00670. The van der Waals surface area contributed by atoms with Crippen molar-refractivity contribution < 1.29 is 9.84 Å². The van der Waals surface area contributed by atoms with Gasteiger partial charge in [0.15, 0.2) is 0 Å².